The zero-order valence-electron chi connectivity index (χ0n) is 54.9. The van der Waals surface area contributed by atoms with Crippen LogP contribution in [0.4, 0.5) is 0 Å². The molecule has 2 saturated carbocycles. The van der Waals surface area contributed by atoms with Gasteiger partial charge in [-0.25, -0.2) is 0 Å². The maximum absolute atomic E-state index is 13.4. The lowest BCUT2D eigenvalue weighted by Crippen LogP contribution is -2.17. The molecule has 0 heterocycles. The van der Waals surface area contributed by atoms with Crippen LogP contribution in [0.2, 0.25) is 0 Å². The van der Waals surface area contributed by atoms with Gasteiger partial charge in [-0.2, -0.15) is 0 Å². The van der Waals surface area contributed by atoms with Gasteiger partial charge in [-0.05, 0) is 142 Å². The third-order valence-electron chi connectivity index (χ3n) is 17.3. The van der Waals surface area contributed by atoms with Gasteiger partial charge in [0.2, 0.25) is 0 Å². The Hall–Kier alpha value is -6.02. The molecule has 2 aliphatic rings. The average molecular weight is 1150 g/mol. The molecule has 6 rings (SSSR count). The predicted octanol–water partition coefficient (Wildman–Crippen LogP) is 20.2. The number of esters is 2. The van der Waals surface area contributed by atoms with Crippen molar-refractivity contribution in [1.29, 1.82) is 0 Å². The van der Waals surface area contributed by atoms with E-state index in [2.05, 4.69) is 144 Å². The first-order chi connectivity index (χ1) is 38.9. The minimum absolute atomic E-state index is 0.0728. The molecule has 8 nitrogen and oxygen atoms in total. The number of carbonyl (C=O) groups excluding carboxylic acids is 2. The number of benzene rings is 4. The second-order valence-electron chi connectivity index (χ2n) is 30.8. The van der Waals surface area contributed by atoms with Crippen molar-refractivity contribution in [2.24, 2.45) is 23.7 Å². The Kier molecular flexibility index (Phi) is 21.7. The summed E-state index contributed by atoms with van der Waals surface area (Å²) in [4.78, 5) is 26.7. The van der Waals surface area contributed by atoms with Crippen molar-refractivity contribution in [3.05, 3.63) is 128 Å². The van der Waals surface area contributed by atoms with Crippen molar-refractivity contribution in [3.8, 4) is 34.5 Å². The Morgan fingerprint density at radius 2 is 0.619 bits per heavy atom. The number of rotatable bonds is 17. The molecular weight excluding hydrogens is 1040 g/mol. The zero-order chi connectivity index (χ0) is 62.3. The fraction of sp³-hybridized carbons (Fsp3) is 0.553. The Balaban J connectivity index is 1.06. The summed E-state index contributed by atoms with van der Waals surface area (Å²) in [5.41, 5.74) is 7.17. The van der Waals surface area contributed by atoms with Crippen LogP contribution in [0.15, 0.2) is 72.8 Å². The number of hydrogen-bond acceptors (Lipinski definition) is 8. The zero-order valence-corrected chi connectivity index (χ0v) is 54.9. The molecule has 0 radical (unpaired) electrons. The van der Waals surface area contributed by atoms with Gasteiger partial charge in [-0.3, -0.25) is 9.59 Å². The van der Waals surface area contributed by atoms with Crippen LogP contribution in [-0.4, -0.2) is 32.4 Å². The summed E-state index contributed by atoms with van der Waals surface area (Å²) in [6.07, 6.45) is 28.7. The monoisotopic (exact) mass is 1150 g/mol. The number of unbranched alkanes of at least 4 members (excludes halogenated alkanes) is 3. The summed E-state index contributed by atoms with van der Waals surface area (Å²) in [5.74, 6) is 2.10. The molecule has 84 heavy (non-hydrogen) atoms. The van der Waals surface area contributed by atoms with Crippen LogP contribution in [0, 0.1) is 23.7 Å². The van der Waals surface area contributed by atoms with Gasteiger partial charge < -0.3 is 29.9 Å². The second kappa shape index (κ2) is 27.1. The molecule has 0 bridgehead atoms. The molecule has 4 aromatic carbocycles. The lowest BCUT2D eigenvalue weighted by Gasteiger charge is -2.28. The maximum atomic E-state index is 13.4. The van der Waals surface area contributed by atoms with E-state index in [0.717, 1.165) is 86.5 Å². The molecule has 0 amide bonds. The van der Waals surface area contributed by atoms with E-state index in [9.17, 15) is 30.0 Å². The molecule has 2 fully saturated rings. The van der Waals surface area contributed by atoms with Crippen molar-refractivity contribution < 1.29 is 39.5 Å². The SMILES string of the molecule is CC(C)(C)c1cc(C=C[C@@H]2CCCC[C@H]2C=Cc2cc(OC(=O)CCCCCCC(=O)Oc3cc(C=C[C@@H]4CCCC[C@H]4C=Cc4cc(C(C)(C)C)cc(C(C)(C)C)c4O)c(O)c(C(C)(C)C)c3)cc(C(C)(C)C)c2O)c(O)c(C(C)(C)C)c1. The van der Waals surface area contributed by atoms with Crippen molar-refractivity contribution >= 4 is 36.2 Å². The number of carbonyl (C=O) groups is 2. The molecule has 8 heteroatoms. The Morgan fingerprint density at radius 1 is 0.369 bits per heavy atom. The third-order valence-corrected chi connectivity index (χ3v) is 17.3. The van der Waals surface area contributed by atoms with E-state index in [1.165, 1.54) is 11.1 Å². The largest absolute Gasteiger partial charge is 0.507 e. The standard InChI is InChI=1S/C76H106O8/c1-71(2,3)57-41-53(67(79)61(45-57)73(7,8)9)37-33-49-27-23-25-29-51(49)35-39-55-43-59(47-63(69(55)81)75(13,14)15)83-65(77)31-21-19-20-22-32-66(78)84-60-44-56(70(82)64(48-60)76(16,17)18)40-36-52-30-26-24-28-50(52)34-38-54-42-58(72(4,5)6)46-62(68(54)80)74(10,11)12/h33-52,79-82H,19-32H2,1-18H3/t49-,50-,51-,52-/m0/s1. The van der Waals surface area contributed by atoms with Crippen LogP contribution < -0.4 is 9.47 Å². The lowest BCUT2D eigenvalue weighted by molar-refractivity contribution is -0.135. The lowest BCUT2D eigenvalue weighted by atomic mass is 9.77. The number of aromatic hydroxyl groups is 4. The molecule has 0 unspecified atom stereocenters. The first-order valence-electron chi connectivity index (χ1n) is 31.6. The molecule has 0 aromatic heterocycles. The van der Waals surface area contributed by atoms with E-state index in [-0.39, 0.29) is 81.6 Å². The van der Waals surface area contributed by atoms with Crippen molar-refractivity contribution in [2.45, 2.75) is 247 Å². The minimum Gasteiger partial charge on any atom is -0.507 e. The van der Waals surface area contributed by atoms with Gasteiger partial charge in [0, 0.05) is 57.3 Å². The predicted molar refractivity (Wildman–Crippen MR) is 351 cm³/mol. The van der Waals surface area contributed by atoms with E-state index in [1.54, 1.807) is 24.3 Å². The first-order valence-corrected chi connectivity index (χ1v) is 31.6. The van der Waals surface area contributed by atoms with Crippen molar-refractivity contribution in [1.82, 2.24) is 0 Å². The van der Waals surface area contributed by atoms with E-state index >= 15 is 0 Å². The highest BCUT2D eigenvalue weighted by atomic mass is 16.5. The molecule has 0 aliphatic heterocycles. The fourth-order valence-corrected chi connectivity index (χ4v) is 11.9. The number of ether oxygens (including phenoxy) is 2. The number of phenols is 4. The fourth-order valence-electron chi connectivity index (χ4n) is 11.9. The van der Waals surface area contributed by atoms with Gasteiger partial charge in [0.15, 0.2) is 0 Å². The number of hydrogen-bond donors (Lipinski definition) is 4. The maximum Gasteiger partial charge on any atom is 0.311 e. The Morgan fingerprint density at radius 3 is 0.869 bits per heavy atom. The van der Waals surface area contributed by atoms with Gasteiger partial charge in [0.25, 0.3) is 0 Å². The normalized spacial score (nSPS) is 18.8. The summed E-state index contributed by atoms with van der Waals surface area (Å²) in [7, 11) is 0. The molecule has 4 N–H and O–H groups in total. The van der Waals surface area contributed by atoms with Gasteiger partial charge in [-0.15, -0.1) is 0 Å². The molecular formula is C76H106O8. The smallest absolute Gasteiger partial charge is 0.311 e. The van der Waals surface area contributed by atoms with E-state index in [1.807, 2.05) is 53.7 Å². The highest BCUT2D eigenvalue weighted by Gasteiger charge is 2.30. The molecule has 458 valence electrons. The van der Waals surface area contributed by atoms with Gasteiger partial charge in [0.05, 0.1) is 0 Å². The molecule has 4 atom stereocenters. The second-order valence-corrected chi connectivity index (χ2v) is 30.8. The van der Waals surface area contributed by atoms with Crippen LogP contribution in [0.3, 0.4) is 0 Å². The molecule has 0 spiro atoms. The summed E-state index contributed by atoms with van der Waals surface area (Å²) >= 11 is 0. The number of phenolic OH excluding ortho intramolecular Hbond substituents is 4. The van der Waals surface area contributed by atoms with Crippen LogP contribution in [0.25, 0.3) is 24.3 Å². The topological polar surface area (TPSA) is 134 Å². The van der Waals surface area contributed by atoms with Gasteiger partial charge in [-0.1, -0.05) is 224 Å². The summed E-state index contributed by atoms with van der Waals surface area (Å²) in [5, 5.41) is 46.3. The van der Waals surface area contributed by atoms with Crippen LogP contribution in [0.1, 0.15) is 270 Å². The van der Waals surface area contributed by atoms with Crippen LogP contribution in [0.5, 0.6) is 34.5 Å². The Bertz CT molecular complexity index is 2860. The molecule has 2 aliphatic carbocycles. The van der Waals surface area contributed by atoms with Crippen LogP contribution in [-0.2, 0) is 42.1 Å². The highest BCUT2D eigenvalue weighted by molar-refractivity contribution is 5.75. The quantitative estimate of drug-likeness (QED) is 0.0467. The van der Waals surface area contributed by atoms with E-state index in [0.29, 0.717) is 58.1 Å². The summed E-state index contributed by atoms with van der Waals surface area (Å²) in [6.45, 7) is 38.3. The van der Waals surface area contributed by atoms with E-state index in [4.69, 9.17) is 9.47 Å². The van der Waals surface area contributed by atoms with Crippen molar-refractivity contribution in [2.75, 3.05) is 0 Å². The molecule has 0 saturated heterocycles. The minimum atomic E-state index is -0.416. The third kappa shape index (κ3) is 18.3. The average Bonchev–Trinajstić information content (AvgIpc) is 2.62. The van der Waals surface area contributed by atoms with Crippen molar-refractivity contribution in [3.63, 3.8) is 0 Å². The first kappa shape index (κ1) is 67.1. The van der Waals surface area contributed by atoms with Gasteiger partial charge >= 0.3 is 11.9 Å². The number of allylic oxidation sites excluding steroid dienone is 4. The van der Waals surface area contributed by atoms with E-state index < -0.39 is 10.8 Å². The highest BCUT2D eigenvalue weighted by Crippen LogP contribution is 2.44. The summed E-state index contributed by atoms with van der Waals surface area (Å²) in [6, 6.07) is 15.6. The molecule has 4 aromatic rings. The van der Waals surface area contributed by atoms with Gasteiger partial charge in [0.1, 0.15) is 34.5 Å². The summed E-state index contributed by atoms with van der Waals surface area (Å²) < 4.78 is 11.9. The van der Waals surface area contributed by atoms with Crippen LogP contribution >= 0.6 is 0 Å². The Labute approximate surface area is 507 Å².